The molecule has 1 fully saturated rings. The maximum atomic E-state index is 12.1. The molecule has 1 aliphatic rings. The highest BCUT2D eigenvalue weighted by atomic mass is 32.2. The summed E-state index contributed by atoms with van der Waals surface area (Å²) in [5, 5.41) is 3.85. The molecule has 10 nitrogen and oxygen atoms in total. The van der Waals surface area contributed by atoms with Crippen LogP contribution < -0.4 is 16.8 Å². The van der Waals surface area contributed by atoms with Gasteiger partial charge in [0.15, 0.2) is 9.84 Å². The Hall–Kier alpha value is -3.47. The second kappa shape index (κ2) is 7.41. The first-order valence-electron chi connectivity index (χ1n) is 9.16. The number of ether oxygens (including phenoxy) is 1. The highest BCUT2D eigenvalue weighted by Crippen LogP contribution is 2.30. The minimum Gasteiger partial charge on any atom is -0.445 e. The molecule has 5 N–H and O–H groups in total. The summed E-state index contributed by atoms with van der Waals surface area (Å²) in [5.74, 6) is 0.381. The number of carbonyl (C=O) groups excluding carboxylic acids is 1. The van der Waals surface area contributed by atoms with E-state index in [0.717, 1.165) is 11.1 Å². The molecule has 0 unspecified atom stereocenters. The number of rotatable bonds is 3. The van der Waals surface area contributed by atoms with Crippen LogP contribution in [0.5, 0.6) is 0 Å². The second-order valence-electron chi connectivity index (χ2n) is 7.14. The van der Waals surface area contributed by atoms with Crippen molar-refractivity contribution in [2.75, 3.05) is 28.3 Å². The molecular weight excluding hydrogens is 408 g/mol. The van der Waals surface area contributed by atoms with E-state index in [1.54, 1.807) is 24.5 Å². The van der Waals surface area contributed by atoms with E-state index in [1.165, 1.54) is 6.20 Å². The van der Waals surface area contributed by atoms with Gasteiger partial charge in [-0.2, -0.15) is 0 Å². The highest BCUT2D eigenvalue weighted by molar-refractivity contribution is 7.91. The molecule has 1 atom stereocenters. The van der Waals surface area contributed by atoms with Crippen LogP contribution in [0.25, 0.3) is 22.0 Å². The Balaban J connectivity index is 1.60. The minimum absolute atomic E-state index is 0.0203. The second-order valence-corrected chi connectivity index (χ2v) is 9.37. The number of fused-ring (bicyclic) bond motifs is 1. The first-order valence-corrected chi connectivity index (χ1v) is 11.0. The van der Waals surface area contributed by atoms with E-state index >= 15 is 0 Å². The first-order chi connectivity index (χ1) is 14.2. The molecule has 0 saturated carbocycles. The zero-order valence-electron chi connectivity index (χ0n) is 16.1. The largest absolute Gasteiger partial charge is 0.445 e. The monoisotopic (exact) mass is 428 g/mol. The van der Waals surface area contributed by atoms with Gasteiger partial charge in [-0.25, -0.2) is 23.2 Å². The van der Waals surface area contributed by atoms with Crippen molar-refractivity contribution in [1.29, 1.82) is 0 Å². The number of anilines is 3. The van der Waals surface area contributed by atoms with Crippen molar-refractivity contribution >= 4 is 44.0 Å². The highest BCUT2D eigenvalue weighted by Gasteiger charge is 2.30. The summed E-state index contributed by atoms with van der Waals surface area (Å²) in [5.41, 5.74) is 14.8. The summed E-state index contributed by atoms with van der Waals surface area (Å²) in [7, 11) is -3.14. The third kappa shape index (κ3) is 3.96. The molecular formula is C19H20N6O4S. The Morgan fingerprint density at radius 1 is 1.23 bits per heavy atom. The lowest BCUT2D eigenvalue weighted by molar-refractivity contribution is 0.124. The quantitative estimate of drug-likeness (QED) is 0.565. The van der Waals surface area contributed by atoms with E-state index in [4.69, 9.17) is 16.2 Å². The van der Waals surface area contributed by atoms with Crippen LogP contribution in [0.1, 0.15) is 12.0 Å². The van der Waals surface area contributed by atoms with Crippen LogP contribution in [0.3, 0.4) is 0 Å². The number of nitrogens with two attached hydrogens (primary N) is 2. The topological polar surface area (TPSA) is 163 Å². The average molecular weight is 428 g/mol. The van der Waals surface area contributed by atoms with Gasteiger partial charge in [0.25, 0.3) is 0 Å². The SMILES string of the molecule is Cc1c(N)cncc1-c1cc2cc(NC(=O)O[C@@H]3CCS(=O)(=O)C3)ncc2c(N)n1. The van der Waals surface area contributed by atoms with Crippen molar-refractivity contribution in [3.63, 3.8) is 0 Å². The van der Waals surface area contributed by atoms with E-state index in [1.807, 2.05) is 6.92 Å². The Morgan fingerprint density at radius 2 is 2.03 bits per heavy atom. The van der Waals surface area contributed by atoms with Crippen LogP contribution in [0.15, 0.2) is 30.7 Å². The molecule has 4 heterocycles. The minimum atomic E-state index is -3.14. The number of sulfone groups is 1. The van der Waals surface area contributed by atoms with Gasteiger partial charge < -0.3 is 16.2 Å². The molecule has 30 heavy (non-hydrogen) atoms. The lowest BCUT2D eigenvalue weighted by atomic mass is 10.0. The molecule has 0 spiro atoms. The number of hydrogen-bond donors (Lipinski definition) is 3. The van der Waals surface area contributed by atoms with Crippen LogP contribution >= 0.6 is 0 Å². The molecule has 1 saturated heterocycles. The van der Waals surface area contributed by atoms with Crippen molar-refractivity contribution < 1.29 is 17.9 Å². The van der Waals surface area contributed by atoms with Crippen LogP contribution in [0.4, 0.5) is 22.1 Å². The molecule has 0 radical (unpaired) electrons. The first kappa shape index (κ1) is 19.8. The molecule has 11 heteroatoms. The van der Waals surface area contributed by atoms with Gasteiger partial charge in [0.2, 0.25) is 0 Å². The molecule has 1 aliphatic heterocycles. The molecule has 156 valence electrons. The number of amides is 1. The van der Waals surface area contributed by atoms with Crippen molar-refractivity contribution in [2.24, 2.45) is 0 Å². The van der Waals surface area contributed by atoms with Crippen LogP contribution in [-0.2, 0) is 14.6 Å². The van der Waals surface area contributed by atoms with Gasteiger partial charge in [0.05, 0.1) is 29.1 Å². The third-order valence-electron chi connectivity index (χ3n) is 4.97. The predicted molar refractivity (Wildman–Crippen MR) is 113 cm³/mol. The number of nitrogen functional groups attached to an aromatic ring is 2. The molecule has 0 aliphatic carbocycles. The molecule has 3 aromatic rings. The fourth-order valence-electron chi connectivity index (χ4n) is 3.32. The molecule has 3 aromatic heterocycles. The Kier molecular flexibility index (Phi) is 4.90. The summed E-state index contributed by atoms with van der Waals surface area (Å²) < 4.78 is 28.2. The van der Waals surface area contributed by atoms with E-state index in [0.29, 0.717) is 28.6 Å². The molecule has 1 amide bonds. The van der Waals surface area contributed by atoms with Crippen LogP contribution in [0, 0.1) is 6.92 Å². The Bertz CT molecular complexity index is 1260. The third-order valence-corrected chi connectivity index (χ3v) is 6.71. The summed E-state index contributed by atoms with van der Waals surface area (Å²) in [6, 6.07) is 3.44. The summed E-state index contributed by atoms with van der Waals surface area (Å²) in [4.78, 5) is 24.8. The standard InChI is InChI=1S/C19H20N6O4S/c1-10-13(6-22-8-15(10)20)16-4-11-5-17(23-7-14(11)18(21)24-16)25-19(26)29-12-2-3-30(27,28)9-12/h4-8,12H,2-3,9,20H2,1H3,(H2,21,24)(H,23,25,26)/t12-/m1/s1. The van der Waals surface area contributed by atoms with Gasteiger partial charge in [0.1, 0.15) is 17.7 Å². The van der Waals surface area contributed by atoms with Crippen molar-refractivity contribution in [2.45, 2.75) is 19.4 Å². The van der Waals surface area contributed by atoms with Gasteiger partial charge in [0, 0.05) is 23.3 Å². The smallest absolute Gasteiger partial charge is 0.413 e. The lowest BCUT2D eigenvalue weighted by Gasteiger charge is -2.12. The molecule has 0 bridgehead atoms. The van der Waals surface area contributed by atoms with Crippen molar-refractivity contribution in [3.05, 3.63) is 36.3 Å². The number of carbonyl (C=O) groups is 1. The summed E-state index contributed by atoms with van der Waals surface area (Å²) in [6.45, 7) is 1.87. The van der Waals surface area contributed by atoms with Crippen molar-refractivity contribution in [3.8, 4) is 11.3 Å². The predicted octanol–water partition coefficient (Wildman–Crippen LogP) is 1.90. The number of pyridine rings is 3. The summed E-state index contributed by atoms with van der Waals surface area (Å²) in [6.07, 6.45) is 3.60. The maximum absolute atomic E-state index is 12.1. The Labute approximate surface area is 172 Å². The average Bonchev–Trinajstić information content (AvgIpc) is 3.01. The van der Waals surface area contributed by atoms with Gasteiger partial charge in [-0.15, -0.1) is 0 Å². The number of nitrogens with zero attached hydrogens (tertiary/aromatic N) is 3. The maximum Gasteiger partial charge on any atom is 0.413 e. The molecule has 0 aromatic carbocycles. The van der Waals surface area contributed by atoms with E-state index in [2.05, 4.69) is 20.3 Å². The van der Waals surface area contributed by atoms with Crippen molar-refractivity contribution in [1.82, 2.24) is 15.0 Å². The fraction of sp³-hybridized carbons (Fsp3) is 0.263. The number of aromatic nitrogens is 3. The number of nitrogens with one attached hydrogen (secondary N) is 1. The van der Waals surface area contributed by atoms with E-state index < -0.39 is 22.0 Å². The zero-order chi connectivity index (χ0) is 21.5. The summed E-state index contributed by atoms with van der Waals surface area (Å²) >= 11 is 0. The van der Waals surface area contributed by atoms with Gasteiger partial charge >= 0.3 is 6.09 Å². The van der Waals surface area contributed by atoms with Crippen LogP contribution in [-0.4, -0.2) is 47.1 Å². The molecule has 4 rings (SSSR count). The fourth-order valence-corrected chi connectivity index (χ4v) is 4.91. The van der Waals surface area contributed by atoms with Gasteiger partial charge in [-0.3, -0.25) is 10.3 Å². The zero-order valence-corrected chi connectivity index (χ0v) is 16.9. The van der Waals surface area contributed by atoms with Crippen LogP contribution in [0.2, 0.25) is 0 Å². The lowest BCUT2D eigenvalue weighted by Crippen LogP contribution is -2.23. The van der Waals surface area contributed by atoms with E-state index in [-0.39, 0.29) is 23.1 Å². The number of hydrogen-bond acceptors (Lipinski definition) is 9. The van der Waals surface area contributed by atoms with Gasteiger partial charge in [-0.1, -0.05) is 0 Å². The van der Waals surface area contributed by atoms with Gasteiger partial charge in [-0.05, 0) is 36.4 Å². The Morgan fingerprint density at radius 3 is 2.77 bits per heavy atom. The van der Waals surface area contributed by atoms with E-state index in [9.17, 15) is 13.2 Å². The normalized spacial score (nSPS) is 17.7.